The molecule has 0 atom stereocenters. The number of para-hydroxylation sites is 3. The number of hydrogen-bond acceptors (Lipinski definition) is 5. The predicted molar refractivity (Wildman–Crippen MR) is 421 cm³/mol. The van der Waals surface area contributed by atoms with Crippen molar-refractivity contribution in [1.82, 2.24) is 0 Å². The molecule has 0 aromatic heterocycles. The zero-order chi connectivity index (χ0) is 67.0. The lowest BCUT2D eigenvalue weighted by molar-refractivity contribution is 1.26. The molecular weight excluding hydrogens is 1200 g/mol. The summed E-state index contributed by atoms with van der Waals surface area (Å²) < 4.78 is 0. The second kappa shape index (κ2) is 28.3. The molecule has 0 saturated heterocycles. The Kier molecular flexibility index (Phi) is 17.9. The van der Waals surface area contributed by atoms with Crippen LogP contribution >= 0.6 is 0 Å². The highest BCUT2D eigenvalue weighted by Gasteiger charge is 2.20. The van der Waals surface area contributed by atoms with Crippen LogP contribution in [0.1, 0.15) is 22.3 Å². The average Bonchev–Trinajstić information content (AvgIpc) is 0.828. The molecular formula is C94H75N5. The normalized spacial score (nSPS) is 11.0. The summed E-state index contributed by atoms with van der Waals surface area (Å²) in [7, 11) is 0. The first-order valence-electron chi connectivity index (χ1n) is 33.9. The van der Waals surface area contributed by atoms with Crippen LogP contribution in [0.5, 0.6) is 0 Å². The first-order valence-corrected chi connectivity index (χ1v) is 33.9. The Labute approximate surface area is 582 Å². The Bertz CT molecular complexity index is 5110. The van der Waals surface area contributed by atoms with E-state index in [9.17, 15) is 0 Å². The molecule has 15 rings (SSSR count). The Hall–Kier alpha value is -12.7. The number of benzene rings is 15. The quantitative estimate of drug-likeness (QED) is 0.0800. The van der Waals surface area contributed by atoms with Crippen LogP contribution in [0.15, 0.2) is 382 Å². The van der Waals surface area contributed by atoms with E-state index >= 15 is 0 Å². The molecule has 0 heterocycles. The van der Waals surface area contributed by atoms with Gasteiger partial charge in [0.25, 0.3) is 0 Å². The van der Waals surface area contributed by atoms with Crippen molar-refractivity contribution in [2.24, 2.45) is 0 Å². The minimum Gasteiger partial charge on any atom is -0.311 e. The summed E-state index contributed by atoms with van der Waals surface area (Å²) in [6.45, 7) is 8.58. The molecule has 476 valence electrons. The van der Waals surface area contributed by atoms with Crippen molar-refractivity contribution < 1.29 is 0 Å². The van der Waals surface area contributed by atoms with Crippen molar-refractivity contribution in [3.8, 4) is 44.5 Å². The molecule has 15 aromatic rings. The smallest absolute Gasteiger partial charge is 0.0464 e. The maximum Gasteiger partial charge on any atom is 0.0464 e. The minimum atomic E-state index is 1.08. The topological polar surface area (TPSA) is 16.2 Å². The molecule has 0 aliphatic rings. The third kappa shape index (κ3) is 13.8. The number of nitrogens with zero attached hydrogens (tertiary/aromatic N) is 5. The Morgan fingerprint density at radius 3 is 0.465 bits per heavy atom. The molecule has 0 bridgehead atoms. The van der Waals surface area contributed by atoms with E-state index in [2.05, 4.69) is 434 Å². The highest BCUT2D eigenvalue weighted by Crippen LogP contribution is 2.44. The predicted octanol–water partition coefficient (Wildman–Crippen LogP) is 26.9. The Balaban J connectivity index is 0.647. The van der Waals surface area contributed by atoms with E-state index in [1.54, 1.807) is 0 Å². The van der Waals surface area contributed by atoms with Gasteiger partial charge in [0.15, 0.2) is 0 Å². The lowest BCUT2D eigenvalue weighted by Gasteiger charge is -2.27. The van der Waals surface area contributed by atoms with E-state index in [0.29, 0.717) is 0 Å². The van der Waals surface area contributed by atoms with Crippen LogP contribution in [0.3, 0.4) is 0 Å². The van der Waals surface area contributed by atoms with Gasteiger partial charge in [-0.3, -0.25) is 0 Å². The number of hydrogen-bond donors (Lipinski definition) is 0. The fourth-order valence-corrected chi connectivity index (χ4v) is 13.4. The molecule has 0 saturated carbocycles. The minimum absolute atomic E-state index is 1.08. The summed E-state index contributed by atoms with van der Waals surface area (Å²) in [5, 5.41) is 0. The van der Waals surface area contributed by atoms with Gasteiger partial charge in [0.2, 0.25) is 0 Å². The number of aryl methyl sites for hydroxylation is 4. The average molecular weight is 1270 g/mol. The standard InChI is InChI=1S/C94H75N5/c1-68-29-47-83(48-30-68)97(88-57-39-76(40-58-88)72-31-49-84(50-32-72)95(80-20-8-5-9-21-80)86-53-35-74(36-54-86)78-43-61-90(62-44-78)98(82-24-12-7-13-25-82)92-26-14-17-69(2)65-92)89-59-41-77(42-60-89)73-33-51-85(52-34-73)96(81-22-10-6-11-23-81)87-55-37-75(38-56-87)79-45-63-91(64-46-79)99(93-27-15-18-70(3)66-93)94-28-16-19-71(4)67-94/h5-67H,1-4H3. The van der Waals surface area contributed by atoms with Crippen molar-refractivity contribution in [3.05, 3.63) is 404 Å². The maximum atomic E-state index is 2.34. The van der Waals surface area contributed by atoms with Gasteiger partial charge in [-0.05, 0) is 271 Å². The molecule has 5 heteroatoms. The van der Waals surface area contributed by atoms with Crippen molar-refractivity contribution in [1.29, 1.82) is 0 Å². The third-order valence-electron chi connectivity index (χ3n) is 18.5. The molecule has 0 radical (unpaired) electrons. The van der Waals surface area contributed by atoms with Crippen LogP contribution in [0.25, 0.3) is 44.5 Å². The summed E-state index contributed by atoms with van der Waals surface area (Å²) in [5.74, 6) is 0. The van der Waals surface area contributed by atoms with Crippen LogP contribution in [0.4, 0.5) is 85.3 Å². The van der Waals surface area contributed by atoms with Gasteiger partial charge < -0.3 is 24.5 Å². The van der Waals surface area contributed by atoms with Crippen LogP contribution in [0.2, 0.25) is 0 Å². The van der Waals surface area contributed by atoms with Gasteiger partial charge >= 0.3 is 0 Å². The summed E-state index contributed by atoms with van der Waals surface area (Å²) in [4.78, 5) is 11.6. The molecule has 0 fully saturated rings. The van der Waals surface area contributed by atoms with Crippen molar-refractivity contribution in [2.75, 3.05) is 24.5 Å². The maximum absolute atomic E-state index is 2.34. The largest absolute Gasteiger partial charge is 0.311 e. The van der Waals surface area contributed by atoms with Crippen LogP contribution in [0, 0.1) is 27.7 Å². The Morgan fingerprint density at radius 2 is 0.273 bits per heavy atom. The van der Waals surface area contributed by atoms with Gasteiger partial charge in [0, 0.05) is 85.3 Å². The molecule has 5 nitrogen and oxygen atoms in total. The molecule has 99 heavy (non-hydrogen) atoms. The van der Waals surface area contributed by atoms with Crippen LogP contribution in [-0.2, 0) is 0 Å². The summed E-state index contributed by atoms with van der Waals surface area (Å²) in [5.41, 5.74) is 30.6. The van der Waals surface area contributed by atoms with E-state index in [1.807, 2.05) is 0 Å². The molecule has 0 amide bonds. The first kappa shape index (κ1) is 62.4. The van der Waals surface area contributed by atoms with Crippen LogP contribution in [-0.4, -0.2) is 0 Å². The SMILES string of the molecule is Cc1ccc(N(c2ccc(-c3ccc(N(c4ccccc4)c4ccc(-c5ccc(N(c6ccccc6)c6cccc(C)c6)cc5)cc4)cc3)cc2)c2ccc(-c3ccc(N(c4ccccc4)c4ccc(-c5ccc(N(c6cccc(C)c6)c6cccc(C)c6)cc5)cc4)cc3)cc2)cc1. The zero-order valence-corrected chi connectivity index (χ0v) is 56.1. The molecule has 0 aliphatic heterocycles. The lowest BCUT2D eigenvalue weighted by atomic mass is 10.0. The molecule has 0 aliphatic carbocycles. The van der Waals surface area contributed by atoms with E-state index in [0.717, 1.165) is 130 Å². The second-order valence-corrected chi connectivity index (χ2v) is 25.4. The molecule has 0 unspecified atom stereocenters. The van der Waals surface area contributed by atoms with Crippen molar-refractivity contribution in [2.45, 2.75) is 27.7 Å². The van der Waals surface area contributed by atoms with E-state index in [4.69, 9.17) is 0 Å². The number of rotatable bonds is 19. The highest BCUT2D eigenvalue weighted by atomic mass is 15.2. The molecule has 0 N–H and O–H groups in total. The second-order valence-electron chi connectivity index (χ2n) is 25.4. The summed E-state index contributed by atoms with van der Waals surface area (Å²) in [6, 6.07) is 138. The Morgan fingerprint density at radius 1 is 0.121 bits per heavy atom. The molecule has 0 spiro atoms. The summed E-state index contributed by atoms with van der Waals surface area (Å²) in [6.07, 6.45) is 0. The van der Waals surface area contributed by atoms with E-state index in [-0.39, 0.29) is 0 Å². The van der Waals surface area contributed by atoms with Gasteiger partial charge in [0.05, 0.1) is 0 Å². The summed E-state index contributed by atoms with van der Waals surface area (Å²) >= 11 is 0. The fourth-order valence-electron chi connectivity index (χ4n) is 13.4. The van der Waals surface area contributed by atoms with Gasteiger partial charge in [0.1, 0.15) is 0 Å². The van der Waals surface area contributed by atoms with Crippen molar-refractivity contribution >= 4 is 85.3 Å². The fraction of sp³-hybridized carbons (Fsp3) is 0.0426. The van der Waals surface area contributed by atoms with Gasteiger partial charge in [-0.1, -0.05) is 206 Å². The monoisotopic (exact) mass is 1270 g/mol. The third-order valence-corrected chi connectivity index (χ3v) is 18.5. The van der Waals surface area contributed by atoms with Crippen LogP contribution < -0.4 is 24.5 Å². The number of anilines is 15. The van der Waals surface area contributed by atoms with Gasteiger partial charge in [-0.15, -0.1) is 0 Å². The highest BCUT2D eigenvalue weighted by molar-refractivity contribution is 5.86. The van der Waals surface area contributed by atoms with Gasteiger partial charge in [-0.25, -0.2) is 0 Å². The first-order chi connectivity index (χ1) is 48.7. The zero-order valence-electron chi connectivity index (χ0n) is 56.1. The van der Waals surface area contributed by atoms with Crippen molar-refractivity contribution in [3.63, 3.8) is 0 Å². The van der Waals surface area contributed by atoms with E-state index in [1.165, 1.54) is 22.3 Å². The lowest BCUT2D eigenvalue weighted by Crippen LogP contribution is -2.10. The molecule has 15 aromatic carbocycles. The van der Waals surface area contributed by atoms with Gasteiger partial charge in [-0.2, -0.15) is 0 Å². The van der Waals surface area contributed by atoms with E-state index < -0.39 is 0 Å².